The molecule has 1 aliphatic carbocycles. The van der Waals surface area contributed by atoms with Crippen LogP contribution >= 0.6 is 23.4 Å². The van der Waals surface area contributed by atoms with E-state index in [1.54, 1.807) is 0 Å². The van der Waals surface area contributed by atoms with E-state index in [2.05, 4.69) is 53.7 Å². The van der Waals surface area contributed by atoms with Crippen LogP contribution in [-0.2, 0) is 6.54 Å². The minimum Gasteiger partial charge on any atom is -0.343 e. The van der Waals surface area contributed by atoms with Gasteiger partial charge in [-0.1, -0.05) is 35.5 Å². The van der Waals surface area contributed by atoms with Crippen LogP contribution in [0.1, 0.15) is 34.3 Å². The maximum atomic E-state index is 7.12. The van der Waals surface area contributed by atoms with Gasteiger partial charge in [-0.3, -0.25) is 9.88 Å². The molecular weight excluding hydrogens is 478 g/mol. The number of hydrogen-bond acceptors (Lipinski definition) is 5. The first-order valence-corrected chi connectivity index (χ1v) is 13.1. The number of rotatable bonds is 3. The molecule has 1 aromatic carbocycles. The Hall–Kier alpha value is -3.12. The van der Waals surface area contributed by atoms with Crippen LogP contribution in [0.25, 0.3) is 16.6 Å². The van der Waals surface area contributed by atoms with Crippen molar-refractivity contribution in [2.45, 2.75) is 19.5 Å². The third kappa shape index (κ3) is 4.72. The van der Waals surface area contributed by atoms with Crippen LogP contribution < -0.4 is 0 Å². The molecule has 0 radical (unpaired) electrons. The number of aryl methyl sites for hydroxylation is 1. The molecule has 0 bridgehead atoms. The van der Waals surface area contributed by atoms with Gasteiger partial charge >= 0.3 is 0 Å². The number of imidazole rings is 1. The summed E-state index contributed by atoms with van der Waals surface area (Å²) in [6.07, 6.45) is 9.95. The molecule has 1 aliphatic heterocycles. The molecule has 7 nitrogen and oxygen atoms in total. The van der Waals surface area contributed by atoms with Gasteiger partial charge in [-0.05, 0) is 59.7 Å². The van der Waals surface area contributed by atoms with Crippen molar-refractivity contribution in [2.24, 2.45) is 5.10 Å². The van der Waals surface area contributed by atoms with E-state index in [0.717, 1.165) is 59.0 Å². The van der Waals surface area contributed by atoms with E-state index in [9.17, 15) is 0 Å². The minimum atomic E-state index is 0.00813. The van der Waals surface area contributed by atoms with Gasteiger partial charge in [0.25, 0.3) is 0 Å². The lowest BCUT2D eigenvalue weighted by Crippen LogP contribution is -2.49. The standard InChI is InChI=1S/C26H26ClN7S/c1-18-29-9-10-34(18)17-20-15-19-5-4-8-30-24(19)25(22-7-6-21(27)16-23(20)22)32-11-13-33(14-12-32)26(35-3)31-28-2/h4-10,15-16,25H,11-14,17H2,1,3H3/b31-26-. The van der Waals surface area contributed by atoms with Crippen molar-refractivity contribution in [2.75, 3.05) is 32.4 Å². The number of halogens is 1. The molecule has 1 saturated heterocycles. The molecular formula is C26H26ClN7S. The van der Waals surface area contributed by atoms with Gasteiger partial charge in [-0.15, -0.1) is 4.95 Å². The minimum absolute atomic E-state index is 0.00813. The van der Waals surface area contributed by atoms with Crippen molar-refractivity contribution in [1.29, 1.82) is 0 Å². The van der Waals surface area contributed by atoms with Crippen LogP contribution in [0.15, 0.2) is 54.0 Å². The fourth-order valence-corrected chi connectivity index (χ4v) is 5.68. The van der Waals surface area contributed by atoms with Crippen molar-refractivity contribution in [3.63, 3.8) is 0 Å². The van der Waals surface area contributed by atoms with Gasteiger partial charge in [0.1, 0.15) is 10.9 Å². The molecule has 0 amide bonds. The summed E-state index contributed by atoms with van der Waals surface area (Å²) in [4.78, 5) is 17.2. The molecule has 1 unspecified atom stereocenters. The number of aromatic nitrogens is 3. The molecule has 2 aromatic heterocycles. The van der Waals surface area contributed by atoms with E-state index in [1.807, 2.05) is 43.9 Å². The maximum Gasteiger partial charge on any atom is 0.246 e. The Balaban J connectivity index is 1.55. The first kappa shape index (κ1) is 23.6. The van der Waals surface area contributed by atoms with E-state index >= 15 is 0 Å². The van der Waals surface area contributed by atoms with Crippen LogP contribution in [0, 0.1) is 13.5 Å². The third-order valence-corrected chi connectivity index (χ3v) is 7.59. The molecule has 1 fully saturated rings. The molecule has 0 N–H and O–H groups in total. The molecule has 9 heteroatoms. The fourth-order valence-electron chi connectivity index (χ4n) is 4.94. The predicted octanol–water partition coefficient (Wildman–Crippen LogP) is 5.05. The molecule has 178 valence electrons. The largest absolute Gasteiger partial charge is 0.343 e. The topological polar surface area (TPSA) is 53.9 Å². The molecule has 3 aromatic rings. The summed E-state index contributed by atoms with van der Waals surface area (Å²) in [7, 11) is 0. The van der Waals surface area contributed by atoms with Gasteiger partial charge in [0, 0.05) is 56.3 Å². The van der Waals surface area contributed by atoms with Gasteiger partial charge in [-0.2, -0.15) is 6.57 Å². The van der Waals surface area contributed by atoms with Gasteiger partial charge in [-0.25, -0.2) is 4.98 Å². The molecule has 2 aliphatic rings. The first-order chi connectivity index (χ1) is 17.1. The Labute approximate surface area is 214 Å². The van der Waals surface area contributed by atoms with Crippen molar-refractivity contribution in [3.8, 4) is 0 Å². The molecule has 3 heterocycles. The Morgan fingerprint density at radius 2 is 2.03 bits per heavy atom. The lowest BCUT2D eigenvalue weighted by atomic mass is 9.93. The summed E-state index contributed by atoms with van der Waals surface area (Å²) in [6.45, 7) is 13.2. The smallest absolute Gasteiger partial charge is 0.246 e. The fraction of sp³-hybridized carbons (Fsp3) is 0.308. The number of fused-ring (bicyclic) bond motifs is 2. The summed E-state index contributed by atoms with van der Waals surface area (Å²) in [5.41, 5.74) is 5.73. The summed E-state index contributed by atoms with van der Waals surface area (Å²) in [5.74, 6) is 0.975. The van der Waals surface area contributed by atoms with Crippen LogP contribution in [0.2, 0.25) is 5.02 Å². The zero-order valence-electron chi connectivity index (χ0n) is 19.7. The number of thioether (sulfide) groups is 1. The van der Waals surface area contributed by atoms with Gasteiger partial charge in [0.05, 0.1) is 11.7 Å². The van der Waals surface area contributed by atoms with Crippen LogP contribution in [0.4, 0.5) is 0 Å². The van der Waals surface area contributed by atoms with E-state index in [-0.39, 0.29) is 6.04 Å². The van der Waals surface area contributed by atoms with Crippen LogP contribution in [0.5, 0.6) is 0 Å². The Kier molecular flexibility index (Phi) is 6.91. The van der Waals surface area contributed by atoms with Gasteiger partial charge in [0.15, 0.2) is 0 Å². The number of amidine groups is 1. The lowest BCUT2D eigenvalue weighted by Gasteiger charge is -2.40. The quantitative estimate of drug-likeness (QED) is 0.216. The highest BCUT2D eigenvalue weighted by Gasteiger charge is 2.33. The van der Waals surface area contributed by atoms with Gasteiger partial charge in [0.2, 0.25) is 5.17 Å². The molecule has 0 spiro atoms. The Morgan fingerprint density at radius 3 is 2.74 bits per heavy atom. The summed E-state index contributed by atoms with van der Waals surface area (Å²) < 4.78 is 2.16. The highest BCUT2D eigenvalue weighted by molar-refractivity contribution is 8.13. The number of benzene rings is 1. The SMILES string of the molecule is [C-]#[N+]/N=C(\SC)N1CCN(C2c3ccc(Cl)cc3C(Cn3ccnc3C)=Cc3cccnc32)CC1. The average Bonchev–Trinajstić information content (AvgIpc) is 3.22. The monoisotopic (exact) mass is 503 g/mol. The first-order valence-electron chi connectivity index (χ1n) is 11.5. The predicted molar refractivity (Wildman–Crippen MR) is 143 cm³/mol. The number of hydrogen-bond donors (Lipinski definition) is 0. The normalized spacial score (nSPS) is 18.3. The molecule has 0 saturated carbocycles. The van der Waals surface area contributed by atoms with E-state index in [4.69, 9.17) is 23.2 Å². The highest BCUT2D eigenvalue weighted by Crippen LogP contribution is 2.41. The summed E-state index contributed by atoms with van der Waals surface area (Å²) in [5, 5.41) is 5.49. The molecule has 5 rings (SSSR count). The maximum absolute atomic E-state index is 7.12. The molecule has 35 heavy (non-hydrogen) atoms. The lowest BCUT2D eigenvalue weighted by molar-refractivity contribution is 0.150. The Morgan fingerprint density at radius 1 is 1.20 bits per heavy atom. The number of pyridine rings is 1. The molecule has 1 atom stereocenters. The van der Waals surface area contributed by atoms with Crippen LogP contribution in [-0.4, -0.2) is 61.9 Å². The van der Waals surface area contributed by atoms with E-state index < -0.39 is 0 Å². The van der Waals surface area contributed by atoms with E-state index in [0.29, 0.717) is 6.54 Å². The summed E-state index contributed by atoms with van der Waals surface area (Å²) >= 11 is 8.05. The van der Waals surface area contributed by atoms with Gasteiger partial charge < -0.3 is 9.47 Å². The number of nitrogens with zero attached hydrogens (tertiary/aromatic N) is 7. The zero-order chi connectivity index (χ0) is 24.4. The highest BCUT2D eigenvalue weighted by atomic mass is 35.5. The van der Waals surface area contributed by atoms with Crippen LogP contribution in [0.3, 0.4) is 0 Å². The van der Waals surface area contributed by atoms with Crippen molar-refractivity contribution < 1.29 is 0 Å². The van der Waals surface area contributed by atoms with Crippen molar-refractivity contribution in [1.82, 2.24) is 24.3 Å². The number of allylic oxidation sites excluding steroid dienone is 1. The second-order valence-corrected chi connectivity index (χ2v) is 9.80. The van der Waals surface area contributed by atoms with Crippen molar-refractivity contribution in [3.05, 3.63) is 93.7 Å². The van der Waals surface area contributed by atoms with E-state index in [1.165, 1.54) is 22.9 Å². The van der Waals surface area contributed by atoms with Crippen molar-refractivity contribution >= 4 is 40.2 Å². The summed E-state index contributed by atoms with van der Waals surface area (Å²) in [6, 6.07) is 10.4. The Bertz CT molecular complexity index is 1330. The zero-order valence-corrected chi connectivity index (χ0v) is 21.3. The third-order valence-electron chi connectivity index (χ3n) is 6.65. The second-order valence-electron chi connectivity index (χ2n) is 8.59. The number of piperazine rings is 1. The average molecular weight is 504 g/mol. The second kappa shape index (κ2) is 10.2.